The SMILES string of the molecule is CC(C)(C)C(Br)CNC(=O)[O-]. The molecule has 0 rings (SSSR count). The smallest absolute Gasteiger partial charge is 0.134 e. The molecule has 0 heterocycles. The summed E-state index contributed by atoms with van der Waals surface area (Å²) in [5.41, 5.74) is 0.0580. The fourth-order valence-electron chi connectivity index (χ4n) is 0.479. The summed E-state index contributed by atoms with van der Waals surface area (Å²) in [7, 11) is 0. The van der Waals surface area contributed by atoms with Crippen LogP contribution >= 0.6 is 15.9 Å². The zero-order valence-electron chi connectivity index (χ0n) is 6.98. The molecule has 0 aliphatic rings. The van der Waals surface area contributed by atoms with Gasteiger partial charge in [0.25, 0.3) is 0 Å². The van der Waals surface area contributed by atoms with Crippen molar-refractivity contribution < 1.29 is 9.90 Å². The number of halogens is 1. The Morgan fingerprint density at radius 2 is 2.09 bits per heavy atom. The van der Waals surface area contributed by atoms with Crippen LogP contribution in [-0.2, 0) is 0 Å². The van der Waals surface area contributed by atoms with Gasteiger partial charge in [0.15, 0.2) is 0 Å². The molecule has 0 aliphatic carbocycles. The Hall–Kier alpha value is -0.250. The average Bonchev–Trinajstić information content (AvgIpc) is 1.80. The van der Waals surface area contributed by atoms with Gasteiger partial charge in [-0.15, -0.1) is 0 Å². The molecule has 1 N–H and O–H groups in total. The first-order chi connectivity index (χ1) is 4.84. The average molecular weight is 223 g/mol. The number of amides is 1. The van der Waals surface area contributed by atoms with E-state index in [1.165, 1.54) is 0 Å². The summed E-state index contributed by atoms with van der Waals surface area (Å²) in [6.07, 6.45) is -1.22. The Morgan fingerprint density at radius 3 is 2.36 bits per heavy atom. The highest BCUT2D eigenvalue weighted by Crippen LogP contribution is 2.24. The lowest BCUT2D eigenvalue weighted by molar-refractivity contribution is -0.250. The van der Waals surface area contributed by atoms with E-state index in [-0.39, 0.29) is 10.2 Å². The molecule has 0 bridgehead atoms. The van der Waals surface area contributed by atoms with Crippen molar-refractivity contribution in [3.05, 3.63) is 0 Å². The van der Waals surface area contributed by atoms with Gasteiger partial charge in [-0.25, -0.2) is 0 Å². The summed E-state index contributed by atoms with van der Waals surface area (Å²) in [5, 5.41) is 12.2. The zero-order valence-corrected chi connectivity index (χ0v) is 8.56. The maximum absolute atomic E-state index is 9.99. The highest BCUT2D eigenvalue weighted by atomic mass is 79.9. The molecule has 0 saturated heterocycles. The molecular formula is C7H13BrNO2-. The van der Waals surface area contributed by atoms with Crippen LogP contribution in [0.5, 0.6) is 0 Å². The minimum Gasteiger partial charge on any atom is -0.530 e. The molecule has 0 saturated carbocycles. The van der Waals surface area contributed by atoms with Crippen molar-refractivity contribution in [1.82, 2.24) is 5.32 Å². The molecule has 66 valence electrons. The second-order valence-electron chi connectivity index (χ2n) is 3.50. The number of hydrogen-bond donors (Lipinski definition) is 1. The number of nitrogens with one attached hydrogen (secondary N) is 1. The molecule has 11 heavy (non-hydrogen) atoms. The Balaban J connectivity index is 3.70. The molecule has 0 aromatic carbocycles. The fourth-order valence-corrected chi connectivity index (χ4v) is 0.641. The summed E-state index contributed by atoms with van der Waals surface area (Å²) in [6, 6.07) is 0. The topological polar surface area (TPSA) is 52.2 Å². The summed E-state index contributed by atoms with van der Waals surface area (Å²) in [5.74, 6) is 0. The van der Waals surface area contributed by atoms with Crippen molar-refractivity contribution in [3.63, 3.8) is 0 Å². The van der Waals surface area contributed by atoms with Crippen molar-refractivity contribution in [1.29, 1.82) is 0 Å². The number of carbonyl (C=O) groups excluding carboxylic acids is 1. The summed E-state index contributed by atoms with van der Waals surface area (Å²) >= 11 is 3.37. The molecule has 1 atom stereocenters. The highest BCUT2D eigenvalue weighted by molar-refractivity contribution is 9.09. The molecule has 0 spiro atoms. The van der Waals surface area contributed by atoms with E-state index >= 15 is 0 Å². The molecule has 0 aromatic heterocycles. The van der Waals surface area contributed by atoms with Crippen LogP contribution in [0.2, 0.25) is 0 Å². The molecule has 1 unspecified atom stereocenters. The number of hydrogen-bond acceptors (Lipinski definition) is 2. The van der Waals surface area contributed by atoms with Crippen LogP contribution in [0.3, 0.4) is 0 Å². The van der Waals surface area contributed by atoms with Crippen molar-refractivity contribution in [2.75, 3.05) is 6.54 Å². The highest BCUT2D eigenvalue weighted by Gasteiger charge is 2.20. The van der Waals surface area contributed by atoms with E-state index in [2.05, 4.69) is 21.2 Å². The first-order valence-corrected chi connectivity index (χ1v) is 4.34. The zero-order chi connectivity index (χ0) is 9.07. The molecule has 0 fully saturated rings. The van der Waals surface area contributed by atoms with Crippen LogP contribution in [0.25, 0.3) is 0 Å². The predicted molar refractivity (Wildman–Crippen MR) is 45.6 cm³/mol. The van der Waals surface area contributed by atoms with Gasteiger partial charge in [-0.05, 0) is 5.41 Å². The molecule has 0 aromatic rings. The fraction of sp³-hybridized carbons (Fsp3) is 0.857. The van der Waals surface area contributed by atoms with Crippen molar-refractivity contribution in [2.45, 2.75) is 25.6 Å². The van der Waals surface area contributed by atoms with Gasteiger partial charge in [-0.3, -0.25) is 0 Å². The summed E-state index contributed by atoms with van der Waals surface area (Å²) in [6.45, 7) is 6.47. The van der Waals surface area contributed by atoms with Crippen LogP contribution in [0.4, 0.5) is 4.79 Å². The van der Waals surface area contributed by atoms with Crippen LogP contribution < -0.4 is 10.4 Å². The lowest BCUT2D eigenvalue weighted by Crippen LogP contribution is -2.42. The van der Waals surface area contributed by atoms with Gasteiger partial charge >= 0.3 is 0 Å². The van der Waals surface area contributed by atoms with Gasteiger partial charge in [0.1, 0.15) is 6.09 Å². The van der Waals surface area contributed by atoms with E-state index in [0.717, 1.165) is 0 Å². The second kappa shape index (κ2) is 3.95. The minimum absolute atomic E-state index is 0.0580. The van der Waals surface area contributed by atoms with Gasteiger partial charge < -0.3 is 15.2 Å². The molecule has 3 nitrogen and oxygen atoms in total. The van der Waals surface area contributed by atoms with Gasteiger partial charge in [-0.2, -0.15) is 0 Å². The van der Waals surface area contributed by atoms with Gasteiger partial charge in [0, 0.05) is 11.4 Å². The van der Waals surface area contributed by atoms with Gasteiger partial charge in [-0.1, -0.05) is 36.7 Å². The van der Waals surface area contributed by atoms with E-state index in [0.29, 0.717) is 6.54 Å². The molecule has 1 amide bonds. The largest absolute Gasteiger partial charge is 0.530 e. The van der Waals surface area contributed by atoms with E-state index < -0.39 is 6.09 Å². The monoisotopic (exact) mass is 222 g/mol. The third kappa shape index (κ3) is 5.07. The molecule has 0 aliphatic heterocycles. The van der Waals surface area contributed by atoms with Crippen LogP contribution in [-0.4, -0.2) is 17.5 Å². The Morgan fingerprint density at radius 1 is 1.64 bits per heavy atom. The molecule has 0 radical (unpaired) electrons. The quantitative estimate of drug-likeness (QED) is 0.701. The van der Waals surface area contributed by atoms with Crippen LogP contribution in [0.1, 0.15) is 20.8 Å². The lowest BCUT2D eigenvalue weighted by Gasteiger charge is -2.26. The molecular weight excluding hydrogens is 210 g/mol. The van der Waals surface area contributed by atoms with Crippen molar-refractivity contribution in [3.8, 4) is 0 Å². The Kier molecular flexibility index (Phi) is 3.86. The first kappa shape index (κ1) is 10.8. The van der Waals surface area contributed by atoms with E-state index in [1.807, 2.05) is 20.8 Å². The Bertz CT molecular complexity index is 142. The van der Waals surface area contributed by atoms with Crippen LogP contribution in [0.15, 0.2) is 0 Å². The Labute approximate surface area is 75.3 Å². The van der Waals surface area contributed by atoms with Gasteiger partial charge in [0.2, 0.25) is 0 Å². The van der Waals surface area contributed by atoms with E-state index in [9.17, 15) is 9.90 Å². The predicted octanol–water partition coefficient (Wildman–Crippen LogP) is 0.729. The second-order valence-corrected chi connectivity index (χ2v) is 4.61. The molecule has 4 heteroatoms. The van der Waals surface area contributed by atoms with Crippen molar-refractivity contribution in [2.24, 2.45) is 5.41 Å². The number of carboxylic acid groups (broad SMARTS) is 1. The van der Waals surface area contributed by atoms with E-state index in [4.69, 9.17) is 0 Å². The maximum Gasteiger partial charge on any atom is 0.134 e. The first-order valence-electron chi connectivity index (χ1n) is 3.43. The maximum atomic E-state index is 9.99. The number of carbonyl (C=O) groups is 1. The third-order valence-corrected chi connectivity index (χ3v) is 3.06. The lowest BCUT2D eigenvalue weighted by atomic mass is 9.92. The minimum atomic E-state index is -1.22. The van der Waals surface area contributed by atoms with Crippen LogP contribution in [0, 0.1) is 5.41 Å². The third-order valence-electron chi connectivity index (χ3n) is 1.37. The summed E-state index contributed by atoms with van der Waals surface area (Å²) < 4.78 is 0. The van der Waals surface area contributed by atoms with E-state index in [1.54, 1.807) is 0 Å². The number of rotatable bonds is 2. The summed E-state index contributed by atoms with van der Waals surface area (Å²) in [4.78, 5) is 10.1. The van der Waals surface area contributed by atoms with Crippen molar-refractivity contribution >= 4 is 22.0 Å². The van der Waals surface area contributed by atoms with Gasteiger partial charge in [0.05, 0.1) is 0 Å². The standard InChI is InChI=1S/C7H14BrNO2/c1-7(2,3)5(8)4-9-6(10)11/h5,9H,4H2,1-3H3,(H,10,11)/p-1. The normalized spacial score (nSPS) is 14.2. The number of alkyl halides is 1.